The highest BCUT2D eigenvalue weighted by Gasteiger charge is 2.60. The van der Waals surface area contributed by atoms with Crippen molar-refractivity contribution in [3.63, 3.8) is 0 Å². The number of carbonyl (C=O) groups excluding carboxylic acids is 1. The van der Waals surface area contributed by atoms with Crippen molar-refractivity contribution in [2.45, 2.75) is 90.8 Å². The quantitative estimate of drug-likeness (QED) is 0.252. The van der Waals surface area contributed by atoms with E-state index in [2.05, 4.69) is 90.2 Å². The van der Waals surface area contributed by atoms with Crippen LogP contribution < -0.4 is 21.5 Å². The molecule has 4 aliphatic rings. The highest BCUT2D eigenvalue weighted by Crippen LogP contribution is 2.67. The Bertz CT molecular complexity index is 1440. The van der Waals surface area contributed by atoms with Crippen LogP contribution in [0.15, 0.2) is 72.8 Å². The zero-order valence-corrected chi connectivity index (χ0v) is 25.8. The van der Waals surface area contributed by atoms with E-state index in [1.165, 1.54) is 48.4 Å². The fourth-order valence-electron chi connectivity index (χ4n) is 9.66. The van der Waals surface area contributed by atoms with Crippen LogP contribution in [0.25, 0.3) is 10.8 Å². The highest BCUT2D eigenvalue weighted by atomic mass is 79.9. The number of imidazole rings is 1. The lowest BCUT2D eigenvalue weighted by Gasteiger charge is -2.57. The second-order valence-corrected chi connectivity index (χ2v) is 13.6. The van der Waals surface area contributed by atoms with Crippen molar-refractivity contribution < 1.29 is 31.1 Å². The number of carbonyl (C=O) groups is 1. The average Bonchev–Trinajstić information content (AvgIpc) is 3.52. The molecule has 0 N–H and O–H groups in total. The van der Waals surface area contributed by atoms with E-state index in [1.54, 1.807) is 12.5 Å². The molecule has 4 nitrogen and oxygen atoms in total. The summed E-state index contributed by atoms with van der Waals surface area (Å²) in [6, 6.07) is 16.1. The topological polar surface area (TPSA) is 35.1 Å². The summed E-state index contributed by atoms with van der Waals surface area (Å²) in [5.74, 6) is 2.22. The molecular formula is C35H43BrN2O2. The first-order valence-corrected chi connectivity index (χ1v) is 15.2. The summed E-state index contributed by atoms with van der Waals surface area (Å²) in [4.78, 5) is 11.6. The van der Waals surface area contributed by atoms with Gasteiger partial charge in [0, 0.05) is 18.8 Å². The zero-order valence-electron chi connectivity index (χ0n) is 24.2. The van der Waals surface area contributed by atoms with Gasteiger partial charge in [-0.1, -0.05) is 61.9 Å². The summed E-state index contributed by atoms with van der Waals surface area (Å²) < 4.78 is 10.6. The predicted octanol–water partition coefficient (Wildman–Crippen LogP) is 4.42. The molecule has 3 saturated carbocycles. The third kappa shape index (κ3) is 4.57. The molecule has 3 aromatic rings. The zero-order chi connectivity index (χ0) is 26.8. The Kier molecular flexibility index (Phi) is 7.26. The van der Waals surface area contributed by atoms with Gasteiger partial charge in [0.05, 0.1) is 0 Å². The van der Waals surface area contributed by atoms with Crippen LogP contribution in [0, 0.1) is 28.6 Å². The largest absolute Gasteiger partial charge is 1.00 e. The smallest absolute Gasteiger partial charge is 0.302 e. The van der Waals surface area contributed by atoms with Crippen LogP contribution >= 0.6 is 0 Å². The molecule has 212 valence electrons. The number of nitrogens with zero attached hydrogens (tertiary/aromatic N) is 2. The lowest BCUT2D eigenvalue weighted by atomic mass is 9.48. The van der Waals surface area contributed by atoms with Crippen LogP contribution in [0.5, 0.6) is 0 Å². The molecule has 0 bridgehead atoms. The molecule has 1 heterocycles. The van der Waals surface area contributed by atoms with Crippen LogP contribution in [-0.2, 0) is 16.1 Å². The van der Waals surface area contributed by atoms with E-state index in [4.69, 9.17) is 4.74 Å². The number of ether oxygens (including phenoxy) is 1. The molecule has 2 aromatic carbocycles. The van der Waals surface area contributed by atoms with Gasteiger partial charge >= 0.3 is 5.97 Å². The van der Waals surface area contributed by atoms with Gasteiger partial charge in [0.2, 0.25) is 6.33 Å². The molecule has 0 amide bonds. The molecule has 0 aliphatic heterocycles. The molecule has 7 atom stereocenters. The fourth-order valence-corrected chi connectivity index (χ4v) is 9.66. The number of fused-ring (bicyclic) bond motifs is 6. The van der Waals surface area contributed by atoms with Crippen LogP contribution in [0.4, 0.5) is 0 Å². The lowest BCUT2D eigenvalue weighted by Crippen LogP contribution is -3.00. The van der Waals surface area contributed by atoms with Crippen molar-refractivity contribution >= 4 is 16.7 Å². The molecule has 0 saturated heterocycles. The Morgan fingerprint density at radius 3 is 2.67 bits per heavy atom. The standard InChI is InChI=1S/C35H43N2O2.BrH/c1-24(38)39-29-14-16-34(2)28(21-29)10-11-30-31-12-13-33(35(31,3)17-15-32(30)34)37-19-18-36(23-37)22-25-8-9-26-6-4-5-7-27(26)20-25;/h4-10,18-20,23,29-33H,11-17,21-22H2,1-3H3;1H/q+1;/p-1/t29-,30-,31-,32-,33-,34-,35-;/m0./s1. The Morgan fingerprint density at radius 2 is 1.85 bits per heavy atom. The Hall–Kier alpha value is -2.40. The monoisotopic (exact) mass is 602 g/mol. The van der Waals surface area contributed by atoms with E-state index < -0.39 is 0 Å². The maximum atomic E-state index is 11.6. The number of hydrogen-bond acceptors (Lipinski definition) is 2. The van der Waals surface area contributed by atoms with Gasteiger partial charge in [-0.3, -0.25) is 4.79 Å². The molecular weight excluding hydrogens is 560 g/mol. The molecule has 0 spiro atoms. The first kappa shape index (κ1) is 27.8. The van der Waals surface area contributed by atoms with Gasteiger partial charge in [0.1, 0.15) is 31.1 Å². The summed E-state index contributed by atoms with van der Waals surface area (Å²) in [6.45, 7) is 7.61. The maximum Gasteiger partial charge on any atom is 0.302 e. The summed E-state index contributed by atoms with van der Waals surface area (Å²) in [6.07, 6.45) is 19.3. The van der Waals surface area contributed by atoms with Crippen molar-refractivity contribution in [2.24, 2.45) is 28.6 Å². The number of benzene rings is 2. The third-order valence-corrected chi connectivity index (χ3v) is 11.6. The predicted molar refractivity (Wildman–Crippen MR) is 154 cm³/mol. The molecule has 3 fully saturated rings. The van der Waals surface area contributed by atoms with Crippen molar-refractivity contribution in [3.8, 4) is 0 Å². The van der Waals surface area contributed by atoms with E-state index in [1.807, 2.05) is 0 Å². The normalized spacial score (nSPS) is 34.7. The second-order valence-electron chi connectivity index (χ2n) is 13.6. The third-order valence-electron chi connectivity index (χ3n) is 11.6. The Balaban J connectivity index is 0.00000289. The number of aromatic nitrogens is 2. The molecule has 5 heteroatoms. The first-order chi connectivity index (χ1) is 18.8. The Labute approximate surface area is 249 Å². The molecule has 7 rings (SSSR count). The SMILES string of the molecule is CC(=O)O[C@H]1CC[C@@]2(C)C(=CC[C@H]3[C@@H]4CC[C@H](n5cc[n+](Cc6ccc7ccccc7c6)c5)[C@@]4(C)CC[C@@H]32)C1.[Br-]. The van der Waals surface area contributed by atoms with Crippen molar-refractivity contribution in [3.05, 3.63) is 78.4 Å². The van der Waals surface area contributed by atoms with Gasteiger partial charge in [-0.25, -0.2) is 9.13 Å². The minimum Gasteiger partial charge on any atom is -1.00 e. The van der Waals surface area contributed by atoms with Gasteiger partial charge in [-0.05, 0) is 90.5 Å². The first-order valence-electron chi connectivity index (χ1n) is 15.2. The van der Waals surface area contributed by atoms with E-state index in [9.17, 15) is 4.79 Å². The van der Waals surface area contributed by atoms with Gasteiger partial charge < -0.3 is 21.7 Å². The maximum absolute atomic E-state index is 11.6. The van der Waals surface area contributed by atoms with E-state index in [0.717, 1.165) is 43.6 Å². The number of hydrogen-bond donors (Lipinski definition) is 0. The lowest BCUT2D eigenvalue weighted by molar-refractivity contribution is -0.688. The number of allylic oxidation sites excluding steroid dienone is 1. The second kappa shape index (κ2) is 10.5. The average molecular weight is 604 g/mol. The van der Waals surface area contributed by atoms with Crippen LogP contribution in [0.2, 0.25) is 0 Å². The summed E-state index contributed by atoms with van der Waals surface area (Å²) in [5, 5.41) is 2.62. The van der Waals surface area contributed by atoms with Crippen LogP contribution in [0.1, 0.15) is 83.7 Å². The molecule has 4 aliphatic carbocycles. The van der Waals surface area contributed by atoms with Crippen molar-refractivity contribution in [1.82, 2.24) is 4.57 Å². The van der Waals surface area contributed by atoms with Crippen LogP contribution in [0.3, 0.4) is 0 Å². The van der Waals surface area contributed by atoms with Gasteiger partial charge in [0.15, 0.2) is 0 Å². The van der Waals surface area contributed by atoms with E-state index in [0.29, 0.717) is 11.5 Å². The van der Waals surface area contributed by atoms with Crippen molar-refractivity contribution in [1.29, 1.82) is 0 Å². The molecule has 0 radical (unpaired) electrons. The number of esters is 1. The van der Waals surface area contributed by atoms with Crippen LogP contribution in [-0.4, -0.2) is 16.6 Å². The minimum absolute atomic E-state index is 0. The summed E-state index contributed by atoms with van der Waals surface area (Å²) in [7, 11) is 0. The number of rotatable bonds is 4. The molecule has 0 unspecified atom stereocenters. The van der Waals surface area contributed by atoms with Gasteiger partial charge in [-0.15, -0.1) is 0 Å². The minimum atomic E-state index is -0.132. The highest BCUT2D eigenvalue weighted by molar-refractivity contribution is 5.82. The summed E-state index contributed by atoms with van der Waals surface area (Å²) >= 11 is 0. The summed E-state index contributed by atoms with van der Waals surface area (Å²) in [5.41, 5.74) is 3.58. The van der Waals surface area contributed by atoms with Crippen molar-refractivity contribution in [2.75, 3.05) is 0 Å². The number of halogens is 1. The fraction of sp³-hybridized carbons (Fsp3) is 0.543. The Morgan fingerprint density at radius 1 is 1.02 bits per heavy atom. The van der Waals surface area contributed by atoms with E-state index in [-0.39, 0.29) is 34.5 Å². The van der Waals surface area contributed by atoms with Gasteiger partial charge in [0.25, 0.3) is 0 Å². The molecule has 1 aromatic heterocycles. The van der Waals surface area contributed by atoms with E-state index >= 15 is 0 Å². The molecule has 40 heavy (non-hydrogen) atoms. The van der Waals surface area contributed by atoms with Gasteiger partial charge in [-0.2, -0.15) is 0 Å².